The number of hydrazone groups is 1. The molecule has 0 saturated heterocycles. The summed E-state index contributed by atoms with van der Waals surface area (Å²) >= 11 is 1.46. The number of benzene rings is 2. The van der Waals surface area contributed by atoms with Gasteiger partial charge in [0.1, 0.15) is 0 Å². The summed E-state index contributed by atoms with van der Waals surface area (Å²) in [5.41, 5.74) is 6.68. The summed E-state index contributed by atoms with van der Waals surface area (Å²) in [5.74, 6) is -0.627. The molecule has 2 aliphatic rings. The van der Waals surface area contributed by atoms with Crippen LogP contribution in [0.15, 0.2) is 75.9 Å². The highest BCUT2D eigenvalue weighted by Gasteiger charge is 2.26. The van der Waals surface area contributed by atoms with Gasteiger partial charge < -0.3 is 10.1 Å². The number of anilines is 1. The molecule has 0 radical (unpaired) electrons. The molecule has 0 aliphatic carbocycles. The Balaban J connectivity index is 1.83. The third-order valence-electron chi connectivity index (χ3n) is 4.43. The third kappa shape index (κ3) is 3.20. The quantitative estimate of drug-likeness (QED) is 0.615. The highest BCUT2D eigenvalue weighted by molar-refractivity contribution is 8.08. The Bertz CT molecular complexity index is 1090. The van der Waals surface area contributed by atoms with Crippen LogP contribution in [0.3, 0.4) is 0 Å². The van der Waals surface area contributed by atoms with Crippen LogP contribution in [0.5, 0.6) is 0 Å². The fourth-order valence-electron chi connectivity index (χ4n) is 3.10. The normalized spacial score (nSPS) is 17.9. The molecule has 1 amide bonds. The van der Waals surface area contributed by atoms with Gasteiger partial charge in [-0.25, -0.2) is 10.2 Å². The van der Waals surface area contributed by atoms with Gasteiger partial charge in [0.2, 0.25) is 0 Å². The number of amides is 1. The van der Waals surface area contributed by atoms with Crippen molar-refractivity contribution >= 4 is 39.9 Å². The summed E-state index contributed by atoms with van der Waals surface area (Å²) in [7, 11) is 1.37. The lowest BCUT2D eigenvalue weighted by Gasteiger charge is -2.22. The van der Waals surface area contributed by atoms with E-state index in [4.69, 9.17) is 4.74 Å². The van der Waals surface area contributed by atoms with Gasteiger partial charge in [-0.1, -0.05) is 42.1 Å². The number of nitrogens with zero attached hydrogens (tertiary/aromatic N) is 1. The predicted octanol–water partition coefficient (Wildman–Crippen LogP) is 3.79. The van der Waals surface area contributed by atoms with E-state index in [1.807, 2.05) is 42.5 Å². The number of hydrogen-bond acceptors (Lipinski definition) is 6. The van der Waals surface area contributed by atoms with Crippen molar-refractivity contribution in [3.05, 3.63) is 77.0 Å². The average Bonchev–Trinajstić information content (AvgIpc) is 3.06. The first-order valence-electron chi connectivity index (χ1n) is 8.61. The lowest BCUT2D eigenvalue weighted by atomic mass is 10.0. The van der Waals surface area contributed by atoms with Gasteiger partial charge in [-0.05, 0) is 31.2 Å². The Morgan fingerprint density at radius 1 is 1.11 bits per heavy atom. The molecule has 0 atom stereocenters. The number of methoxy groups -OCH3 is 1. The van der Waals surface area contributed by atoms with Crippen molar-refractivity contribution in [2.45, 2.75) is 11.8 Å². The first-order valence-corrected chi connectivity index (χ1v) is 9.42. The molecule has 2 N–H and O–H groups in total. The molecule has 7 heteroatoms. The molecule has 4 rings (SSSR count). The Hall–Kier alpha value is -3.32. The molecule has 2 aromatic rings. The monoisotopic (exact) mass is 391 g/mol. The van der Waals surface area contributed by atoms with Crippen molar-refractivity contribution in [3.63, 3.8) is 0 Å². The summed E-state index contributed by atoms with van der Waals surface area (Å²) < 4.78 is 4.90. The second-order valence-electron chi connectivity index (χ2n) is 6.20. The van der Waals surface area contributed by atoms with Crippen LogP contribution in [0.25, 0.3) is 4.91 Å². The Kier molecular flexibility index (Phi) is 4.75. The zero-order chi connectivity index (χ0) is 19.7. The van der Waals surface area contributed by atoms with Crippen LogP contribution in [0, 0.1) is 0 Å². The van der Waals surface area contributed by atoms with Gasteiger partial charge in [0, 0.05) is 21.1 Å². The summed E-state index contributed by atoms with van der Waals surface area (Å²) in [5, 5.41) is 7.33. The number of fused-ring (bicyclic) bond motifs is 1. The summed E-state index contributed by atoms with van der Waals surface area (Å²) in [6, 6.07) is 15.1. The first kappa shape index (κ1) is 18.1. The first-order chi connectivity index (χ1) is 13.6. The van der Waals surface area contributed by atoms with Crippen LogP contribution in [0.1, 0.15) is 22.8 Å². The SMILES string of the molecule is COC(=O)c1ccccc1SC1=C/C(=C2/C(=O)NN=C2C)Nc2ccccc21. The number of thioether (sulfide) groups is 1. The van der Waals surface area contributed by atoms with Gasteiger partial charge in [0.05, 0.1) is 29.7 Å². The molecule has 2 aliphatic heterocycles. The van der Waals surface area contributed by atoms with Crippen LogP contribution < -0.4 is 10.7 Å². The van der Waals surface area contributed by atoms with Crippen molar-refractivity contribution in [2.24, 2.45) is 5.10 Å². The van der Waals surface area contributed by atoms with E-state index >= 15 is 0 Å². The number of esters is 1. The summed E-state index contributed by atoms with van der Waals surface area (Å²) in [6.07, 6.45) is 1.92. The van der Waals surface area contributed by atoms with E-state index in [1.54, 1.807) is 19.1 Å². The largest absolute Gasteiger partial charge is 0.465 e. The van der Waals surface area contributed by atoms with Crippen LogP contribution in [0.4, 0.5) is 5.69 Å². The van der Waals surface area contributed by atoms with Crippen molar-refractivity contribution in [3.8, 4) is 0 Å². The highest BCUT2D eigenvalue weighted by Crippen LogP contribution is 2.43. The van der Waals surface area contributed by atoms with Gasteiger partial charge >= 0.3 is 5.97 Å². The number of allylic oxidation sites excluding steroid dienone is 1. The molecule has 6 nitrogen and oxygen atoms in total. The number of nitrogens with one attached hydrogen (secondary N) is 2. The minimum atomic E-state index is -0.386. The third-order valence-corrected chi connectivity index (χ3v) is 5.57. The second kappa shape index (κ2) is 7.36. The van der Waals surface area contributed by atoms with Crippen molar-refractivity contribution in [1.82, 2.24) is 5.43 Å². The Morgan fingerprint density at radius 3 is 2.61 bits per heavy atom. The molecule has 28 heavy (non-hydrogen) atoms. The van der Waals surface area contributed by atoms with Gasteiger partial charge in [0.15, 0.2) is 0 Å². The smallest absolute Gasteiger partial charge is 0.339 e. The van der Waals surface area contributed by atoms with Gasteiger partial charge in [-0.3, -0.25) is 4.79 Å². The molecule has 0 bridgehead atoms. The fraction of sp³-hybridized carbons (Fsp3) is 0.0952. The zero-order valence-corrected chi connectivity index (χ0v) is 16.1. The fourth-order valence-corrected chi connectivity index (χ4v) is 4.21. The number of carbonyl (C=O) groups excluding carboxylic acids is 2. The van der Waals surface area contributed by atoms with E-state index in [2.05, 4.69) is 15.8 Å². The van der Waals surface area contributed by atoms with Crippen LogP contribution >= 0.6 is 11.8 Å². The maximum Gasteiger partial charge on any atom is 0.339 e. The lowest BCUT2D eigenvalue weighted by molar-refractivity contribution is -0.116. The molecule has 0 spiro atoms. The predicted molar refractivity (Wildman–Crippen MR) is 110 cm³/mol. The highest BCUT2D eigenvalue weighted by atomic mass is 32.2. The maximum absolute atomic E-state index is 12.2. The Labute approximate surface area is 166 Å². The maximum atomic E-state index is 12.2. The van der Waals surface area contributed by atoms with E-state index in [0.29, 0.717) is 22.5 Å². The van der Waals surface area contributed by atoms with E-state index in [0.717, 1.165) is 21.1 Å². The molecule has 0 unspecified atom stereocenters. The van der Waals surface area contributed by atoms with Crippen LogP contribution in [-0.2, 0) is 9.53 Å². The van der Waals surface area contributed by atoms with E-state index in [9.17, 15) is 9.59 Å². The number of hydrogen-bond donors (Lipinski definition) is 2. The number of para-hydroxylation sites is 1. The van der Waals surface area contributed by atoms with Crippen LogP contribution in [-0.4, -0.2) is 24.7 Å². The minimum Gasteiger partial charge on any atom is -0.465 e. The molecule has 2 heterocycles. The molecule has 0 fully saturated rings. The molecular formula is C21H17N3O3S. The van der Waals surface area contributed by atoms with Gasteiger partial charge in [0.25, 0.3) is 5.91 Å². The van der Waals surface area contributed by atoms with E-state index < -0.39 is 0 Å². The zero-order valence-electron chi connectivity index (χ0n) is 15.3. The van der Waals surface area contributed by atoms with Gasteiger partial charge in [-0.15, -0.1) is 0 Å². The summed E-state index contributed by atoms with van der Waals surface area (Å²) in [6.45, 7) is 1.79. The molecular weight excluding hydrogens is 374 g/mol. The van der Waals surface area contributed by atoms with Gasteiger partial charge in [-0.2, -0.15) is 5.10 Å². The standard InChI is InChI=1S/C21H17N3O3S/c1-12-19(20(25)24-23-12)16-11-18(13-7-3-5-9-15(13)22-16)28-17-10-6-4-8-14(17)21(26)27-2/h3-11,22H,1-2H3,(H,24,25)/b19-16-. The second-order valence-corrected chi connectivity index (χ2v) is 7.28. The molecule has 2 aromatic carbocycles. The number of rotatable bonds is 3. The van der Waals surface area contributed by atoms with Crippen LogP contribution in [0.2, 0.25) is 0 Å². The molecule has 140 valence electrons. The number of ether oxygens (including phenoxy) is 1. The summed E-state index contributed by atoms with van der Waals surface area (Å²) in [4.78, 5) is 26.1. The van der Waals surface area contributed by atoms with Crippen molar-refractivity contribution < 1.29 is 14.3 Å². The van der Waals surface area contributed by atoms with E-state index in [-0.39, 0.29) is 11.9 Å². The average molecular weight is 391 g/mol. The van der Waals surface area contributed by atoms with Crippen molar-refractivity contribution in [2.75, 3.05) is 12.4 Å². The molecule has 0 aromatic heterocycles. The number of carbonyl (C=O) groups is 2. The lowest BCUT2D eigenvalue weighted by Crippen LogP contribution is -2.18. The van der Waals surface area contributed by atoms with Crippen molar-refractivity contribution in [1.29, 1.82) is 0 Å². The molecule has 0 saturated carbocycles. The topological polar surface area (TPSA) is 79.8 Å². The Morgan fingerprint density at radius 2 is 1.86 bits per heavy atom. The van der Waals surface area contributed by atoms with E-state index in [1.165, 1.54) is 18.9 Å². The minimum absolute atomic E-state index is 0.241.